The number of hydrogen-bond donors (Lipinski definition) is 1. The van der Waals surface area contributed by atoms with Crippen LogP contribution in [0.4, 0.5) is 0 Å². The Kier molecular flexibility index (Phi) is 5.75. The van der Waals surface area contributed by atoms with Gasteiger partial charge in [0.1, 0.15) is 0 Å². The predicted molar refractivity (Wildman–Crippen MR) is 107 cm³/mol. The number of guanidine groups is 1. The normalized spacial score (nSPS) is 29.4. The lowest BCUT2D eigenvalue weighted by Gasteiger charge is -2.45. The summed E-state index contributed by atoms with van der Waals surface area (Å²) in [5.74, 6) is 1.14. The largest absolute Gasteiger partial charge is 0.381 e. The third-order valence-electron chi connectivity index (χ3n) is 7.64. The topological polar surface area (TPSA) is 40.1 Å². The van der Waals surface area contributed by atoms with Gasteiger partial charge in [-0.05, 0) is 63.5 Å². The standard InChI is InChI=1S/C21H38N4O/c1-22-19(24-14-9-20(18-24)7-3-2-4-8-20)23-17-21(10-15-26-16-11-21)25-12-5-6-13-25/h2-18H2,1H3,(H,22,23). The Morgan fingerprint density at radius 2 is 1.65 bits per heavy atom. The van der Waals surface area contributed by atoms with E-state index in [1.165, 1.54) is 77.5 Å². The molecule has 0 unspecified atom stereocenters. The number of aliphatic imine (C=N–C) groups is 1. The Labute approximate surface area is 159 Å². The fourth-order valence-corrected chi connectivity index (χ4v) is 5.95. The first-order valence-corrected chi connectivity index (χ1v) is 11.0. The molecule has 0 atom stereocenters. The molecule has 0 aromatic heterocycles. The van der Waals surface area contributed by atoms with Crippen molar-refractivity contribution in [3.63, 3.8) is 0 Å². The van der Waals surface area contributed by atoms with E-state index in [-0.39, 0.29) is 5.54 Å². The maximum atomic E-state index is 5.70. The third kappa shape index (κ3) is 3.75. The van der Waals surface area contributed by atoms with Crippen molar-refractivity contribution in [3.8, 4) is 0 Å². The molecule has 0 amide bonds. The van der Waals surface area contributed by atoms with Crippen LogP contribution in [0, 0.1) is 5.41 Å². The second kappa shape index (κ2) is 8.05. The van der Waals surface area contributed by atoms with Crippen LogP contribution in [0.2, 0.25) is 0 Å². The lowest BCUT2D eigenvalue weighted by Crippen LogP contribution is -2.58. The summed E-state index contributed by atoms with van der Waals surface area (Å²) in [4.78, 5) is 9.95. The van der Waals surface area contributed by atoms with Crippen LogP contribution in [0.25, 0.3) is 0 Å². The minimum absolute atomic E-state index is 0.271. The molecule has 4 rings (SSSR count). The van der Waals surface area contributed by atoms with Crippen molar-refractivity contribution in [2.45, 2.75) is 69.7 Å². The van der Waals surface area contributed by atoms with Gasteiger partial charge in [0.25, 0.3) is 0 Å². The summed E-state index contributed by atoms with van der Waals surface area (Å²) < 4.78 is 5.70. The summed E-state index contributed by atoms with van der Waals surface area (Å²) in [5, 5.41) is 3.80. The molecule has 3 heterocycles. The number of ether oxygens (including phenoxy) is 1. The van der Waals surface area contributed by atoms with E-state index in [0.29, 0.717) is 5.41 Å². The second-order valence-corrected chi connectivity index (χ2v) is 9.16. The minimum atomic E-state index is 0.271. The van der Waals surface area contributed by atoms with Crippen molar-refractivity contribution in [3.05, 3.63) is 0 Å². The molecule has 4 fully saturated rings. The quantitative estimate of drug-likeness (QED) is 0.619. The molecule has 1 aliphatic carbocycles. The Hall–Kier alpha value is -0.810. The van der Waals surface area contributed by atoms with Gasteiger partial charge in [-0.3, -0.25) is 9.89 Å². The highest BCUT2D eigenvalue weighted by molar-refractivity contribution is 5.80. The molecule has 5 heteroatoms. The summed E-state index contributed by atoms with van der Waals surface area (Å²) >= 11 is 0. The van der Waals surface area contributed by atoms with Crippen molar-refractivity contribution >= 4 is 5.96 Å². The minimum Gasteiger partial charge on any atom is -0.381 e. The molecule has 5 nitrogen and oxygen atoms in total. The zero-order chi connectivity index (χ0) is 17.9. The summed E-state index contributed by atoms with van der Waals surface area (Å²) in [6.07, 6.45) is 13.5. The highest BCUT2D eigenvalue weighted by Gasteiger charge is 2.42. The lowest BCUT2D eigenvalue weighted by atomic mass is 9.73. The summed E-state index contributed by atoms with van der Waals surface area (Å²) in [6.45, 7) is 7.74. The van der Waals surface area contributed by atoms with E-state index in [9.17, 15) is 0 Å². The van der Waals surface area contributed by atoms with Crippen LogP contribution in [-0.2, 0) is 4.74 Å². The lowest BCUT2D eigenvalue weighted by molar-refractivity contribution is -0.0166. The van der Waals surface area contributed by atoms with Gasteiger partial charge in [-0.1, -0.05) is 19.3 Å². The van der Waals surface area contributed by atoms with E-state index < -0.39 is 0 Å². The molecule has 0 aromatic carbocycles. The molecule has 148 valence electrons. The number of hydrogen-bond acceptors (Lipinski definition) is 3. The van der Waals surface area contributed by atoms with Crippen LogP contribution in [-0.4, -0.2) is 74.3 Å². The molecule has 26 heavy (non-hydrogen) atoms. The number of rotatable bonds is 3. The van der Waals surface area contributed by atoms with E-state index in [1.54, 1.807) is 0 Å². The van der Waals surface area contributed by atoms with Gasteiger partial charge in [0.2, 0.25) is 0 Å². The van der Waals surface area contributed by atoms with Crippen molar-refractivity contribution in [2.24, 2.45) is 10.4 Å². The molecule has 3 aliphatic heterocycles. The van der Waals surface area contributed by atoms with Gasteiger partial charge in [-0.15, -0.1) is 0 Å². The molecular weight excluding hydrogens is 324 g/mol. The molecule has 1 N–H and O–H groups in total. The van der Waals surface area contributed by atoms with E-state index in [2.05, 4.69) is 20.1 Å². The first-order valence-electron chi connectivity index (χ1n) is 11.0. The maximum absolute atomic E-state index is 5.70. The van der Waals surface area contributed by atoms with Gasteiger partial charge in [0, 0.05) is 45.4 Å². The smallest absolute Gasteiger partial charge is 0.193 e. The van der Waals surface area contributed by atoms with Crippen molar-refractivity contribution in [2.75, 3.05) is 53.0 Å². The van der Waals surface area contributed by atoms with Crippen LogP contribution in [0.15, 0.2) is 4.99 Å². The molecule has 4 aliphatic rings. The third-order valence-corrected chi connectivity index (χ3v) is 7.64. The van der Waals surface area contributed by atoms with E-state index in [0.717, 1.165) is 38.6 Å². The average Bonchev–Trinajstić information content (AvgIpc) is 3.35. The first kappa shape index (κ1) is 18.5. The van der Waals surface area contributed by atoms with Crippen molar-refractivity contribution in [1.29, 1.82) is 0 Å². The summed E-state index contributed by atoms with van der Waals surface area (Å²) in [6, 6.07) is 0. The van der Waals surface area contributed by atoms with Gasteiger partial charge in [-0.25, -0.2) is 0 Å². The summed E-state index contributed by atoms with van der Waals surface area (Å²) in [5.41, 5.74) is 0.855. The Balaban J connectivity index is 1.38. The molecular formula is C21H38N4O. The van der Waals surface area contributed by atoms with Crippen LogP contribution in [0.5, 0.6) is 0 Å². The average molecular weight is 363 g/mol. The van der Waals surface area contributed by atoms with E-state index in [1.807, 2.05) is 7.05 Å². The van der Waals surface area contributed by atoms with E-state index >= 15 is 0 Å². The number of nitrogens with one attached hydrogen (secondary N) is 1. The Morgan fingerprint density at radius 1 is 0.923 bits per heavy atom. The van der Waals surface area contributed by atoms with Crippen LogP contribution >= 0.6 is 0 Å². The van der Waals surface area contributed by atoms with E-state index in [4.69, 9.17) is 4.74 Å². The Bertz CT molecular complexity index is 488. The maximum Gasteiger partial charge on any atom is 0.193 e. The fourth-order valence-electron chi connectivity index (χ4n) is 5.95. The van der Waals surface area contributed by atoms with Gasteiger partial charge in [0.05, 0.1) is 0 Å². The van der Waals surface area contributed by atoms with Gasteiger partial charge in [-0.2, -0.15) is 0 Å². The highest BCUT2D eigenvalue weighted by Crippen LogP contribution is 2.43. The van der Waals surface area contributed by atoms with Crippen LogP contribution in [0.3, 0.4) is 0 Å². The van der Waals surface area contributed by atoms with Crippen LogP contribution < -0.4 is 5.32 Å². The Morgan fingerprint density at radius 3 is 2.35 bits per heavy atom. The molecule has 0 radical (unpaired) electrons. The highest BCUT2D eigenvalue weighted by atomic mass is 16.5. The SMILES string of the molecule is CN=C(NCC1(N2CCCC2)CCOCC1)N1CCC2(CCCCC2)C1. The van der Waals surface area contributed by atoms with Crippen molar-refractivity contribution in [1.82, 2.24) is 15.1 Å². The molecule has 1 saturated carbocycles. The zero-order valence-electron chi connectivity index (χ0n) is 16.8. The molecule has 1 spiro atoms. The predicted octanol–water partition coefficient (Wildman–Crippen LogP) is 2.86. The molecule has 3 saturated heterocycles. The monoisotopic (exact) mass is 362 g/mol. The number of likely N-dealkylation sites (tertiary alicyclic amines) is 2. The van der Waals surface area contributed by atoms with Gasteiger partial charge < -0.3 is 15.0 Å². The first-order chi connectivity index (χ1) is 12.8. The zero-order valence-corrected chi connectivity index (χ0v) is 16.8. The second-order valence-electron chi connectivity index (χ2n) is 9.16. The molecule has 0 aromatic rings. The van der Waals surface area contributed by atoms with Crippen molar-refractivity contribution < 1.29 is 4.74 Å². The molecule has 0 bridgehead atoms. The van der Waals surface area contributed by atoms with Gasteiger partial charge in [0.15, 0.2) is 5.96 Å². The number of nitrogens with zero attached hydrogens (tertiary/aromatic N) is 3. The van der Waals surface area contributed by atoms with Gasteiger partial charge >= 0.3 is 0 Å². The summed E-state index contributed by atoms with van der Waals surface area (Å²) in [7, 11) is 1.96. The fraction of sp³-hybridized carbons (Fsp3) is 0.952. The van der Waals surface area contributed by atoms with Crippen LogP contribution in [0.1, 0.15) is 64.2 Å².